The molecule has 0 radical (unpaired) electrons. The van der Waals surface area contributed by atoms with Crippen molar-refractivity contribution in [3.63, 3.8) is 0 Å². The first-order valence-electron chi connectivity index (χ1n) is 5.93. The van der Waals surface area contributed by atoms with E-state index in [4.69, 9.17) is 11.6 Å². The van der Waals surface area contributed by atoms with Crippen molar-refractivity contribution in [2.24, 2.45) is 0 Å². The van der Waals surface area contributed by atoms with Crippen LogP contribution in [0.1, 0.15) is 12.8 Å². The number of pyridine rings is 1. The number of alkyl halides is 1. The molecule has 7 heteroatoms. The van der Waals surface area contributed by atoms with Crippen LogP contribution in [-0.2, 0) is 4.79 Å². The van der Waals surface area contributed by atoms with E-state index in [2.05, 4.69) is 26.2 Å². The molecule has 2 heterocycles. The molecule has 1 N–H and O–H groups in total. The second kappa shape index (κ2) is 5.63. The van der Waals surface area contributed by atoms with Crippen LogP contribution >= 0.6 is 27.5 Å². The number of hydrogen-bond acceptors (Lipinski definition) is 3. The number of nitrogens with one attached hydrogen (secondary N) is 1. The van der Waals surface area contributed by atoms with E-state index in [1.807, 2.05) is 4.90 Å². The molecule has 0 atom stereocenters. The molecule has 0 bridgehead atoms. The highest BCUT2D eigenvalue weighted by molar-refractivity contribution is 9.10. The first-order valence-corrected chi connectivity index (χ1v) is 7.10. The number of anilines is 1. The topological polar surface area (TPSA) is 45.2 Å². The van der Waals surface area contributed by atoms with Crippen LogP contribution in [0.25, 0.3) is 0 Å². The molecule has 1 aliphatic heterocycles. The van der Waals surface area contributed by atoms with Crippen molar-refractivity contribution in [3.8, 4) is 0 Å². The lowest BCUT2D eigenvalue weighted by Gasteiger charge is -2.37. The van der Waals surface area contributed by atoms with Crippen LogP contribution in [0.5, 0.6) is 0 Å². The summed E-state index contributed by atoms with van der Waals surface area (Å²) in [6.45, 7) is 0.874. The van der Waals surface area contributed by atoms with Gasteiger partial charge in [-0.15, -0.1) is 0 Å². The molecule has 1 fully saturated rings. The summed E-state index contributed by atoms with van der Waals surface area (Å²) in [5.74, 6) is -0.549. The predicted molar refractivity (Wildman–Crippen MR) is 76.3 cm³/mol. The summed E-state index contributed by atoms with van der Waals surface area (Å²) < 4.78 is 15.1. The maximum absolute atomic E-state index is 14.4. The maximum Gasteiger partial charge on any atom is 0.257 e. The molecule has 1 aromatic heterocycles. The van der Waals surface area contributed by atoms with E-state index in [0.717, 1.165) is 10.2 Å². The van der Waals surface area contributed by atoms with Crippen LogP contribution in [-0.4, -0.2) is 36.7 Å². The van der Waals surface area contributed by atoms with Gasteiger partial charge in [-0.25, -0.2) is 4.39 Å². The highest BCUT2D eigenvalue weighted by Crippen LogP contribution is 2.37. The summed E-state index contributed by atoms with van der Waals surface area (Å²) in [6.07, 6.45) is 3.50. The monoisotopic (exact) mass is 349 g/mol. The van der Waals surface area contributed by atoms with Crippen LogP contribution in [0, 0.1) is 0 Å². The van der Waals surface area contributed by atoms with E-state index in [0.29, 0.717) is 18.1 Å². The number of piperidine rings is 1. The minimum Gasteiger partial charge on any atom is -0.369 e. The van der Waals surface area contributed by atoms with Gasteiger partial charge in [0.1, 0.15) is 0 Å². The quantitative estimate of drug-likeness (QED) is 0.891. The van der Waals surface area contributed by atoms with Gasteiger partial charge in [-0.1, -0.05) is 11.6 Å². The molecule has 2 rings (SSSR count). The first-order chi connectivity index (χ1) is 8.98. The van der Waals surface area contributed by atoms with Gasteiger partial charge in [0.25, 0.3) is 5.91 Å². The average molecular weight is 351 g/mol. The van der Waals surface area contributed by atoms with E-state index in [1.54, 1.807) is 12.4 Å². The summed E-state index contributed by atoms with van der Waals surface area (Å²) in [5.41, 5.74) is -0.979. The number of amides is 1. The fraction of sp³-hybridized carbons (Fsp3) is 0.500. The van der Waals surface area contributed by atoms with Gasteiger partial charge in [-0.2, -0.15) is 0 Å². The predicted octanol–water partition coefficient (Wildman–Crippen LogP) is 2.55. The minimum atomic E-state index is -1.78. The number of aromatic nitrogens is 1. The summed E-state index contributed by atoms with van der Waals surface area (Å²) in [7, 11) is 1.45. The van der Waals surface area contributed by atoms with E-state index in [9.17, 15) is 9.18 Å². The van der Waals surface area contributed by atoms with Crippen LogP contribution < -0.4 is 10.2 Å². The zero-order valence-corrected chi connectivity index (χ0v) is 12.8. The highest BCUT2D eigenvalue weighted by Gasteiger charge is 2.41. The van der Waals surface area contributed by atoms with Gasteiger partial charge in [-0.3, -0.25) is 9.78 Å². The molecule has 0 unspecified atom stereocenters. The Morgan fingerprint density at radius 2 is 2.16 bits per heavy atom. The van der Waals surface area contributed by atoms with Gasteiger partial charge in [0.15, 0.2) is 5.67 Å². The Labute approximate surface area is 124 Å². The van der Waals surface area contributed by atoms with E-state index in [-0.39, 0.29) is 12.8 Å². The van der Waals surface area contributed by atoms with Crippen molar-refractivity contribution in [3.05, 3.63) is 21.9 Å². The molecule has 0 aromatic carbocycles. The molecule has 104 valence electrons. The third-order valence-electron chi connectivity index (χ3n) is 3.33. The van der Waals surface area contributed by atoms with Crippen LogP contribution in [0.3, 0.4) is 0 Å². The summed E-state index contributed by atoms with van der Waals surface area (Å²) in [6, 6.07) is 0. The molecule has 1 amide bonds. The number of rotatable bonds is 2. The van der Waals surface area contributed by atoms with Crippen LogP contribution in [0.15, 0.2) is 16.9 Å². The number of nitrogens with zero attached hydrogens (tertiary/aromatic N) is 2. The van der Waals surface area contributed by atoms with Gasteiger partial charge in [0.2, 0.25) is 0 Å². The molecule has 4 nitrogen and oxygen atoms in total. The van der Waals surface area contributed by atoms with Crippen molar-refractivity contribution in [2.75, 3.05) is 25.0 Å². The zero-order valence-electron chi connectivity index (χ0n) is 10.4. The normalized spacial score (nSPS) is 18.2. The van der Waals surface area contributed by atoms with Crippen molar-refractivity contribution >= 4 is 39.1 Å². The molecular weight excluding hydrogens is 337 g/mol. The molecular formula is C12H14BrClFN3O. The Bertz CT molecular complexity index is 472. The summed E-state index contributed by atoms with van der Waals surface area (Å²) in [5, 5.41) is 2.89. The maximum atomic E-state index is 14.4. The second-order valence-electron chi connectivity index (χ2n) is 4.48. The van der Waals surface area contributed by atoms with Gasteiger partial charge in [0, 0.05) is 45.4 Å². The van der Waals surface area contributed by atoms with Crippen molar-refractivity contribution < 1.29 is 9.18 Å². The van der Waals surface area contributed by atoms with E-state index in [1.165, 1.54) is 7.05 Å². The lowest BCUT2D eigenvalue weighted by atomic mass is 9.92. The molecule has 0 aliphatic carbocycles. The fourth-order valence-corrected chi connectivity index (χ4v) is 3.22. The fourth-order valence-electron chi connectivity index (χ4n) is 2.24. The van der Waals surface area contributed by atoms with Crippen LogP contribution in [0.4, 0.5) is 10.1 Å². The number of carbonyl (C=O) groups is 1. The largest absolute Gasteiger partial charge is 0.369 e. The van der Waals surface area contributed by atoms with Crippen LogP contribution in [0.2, 0.25) is 5.02 Å². The second-order valence-corrected chi connectivity index (χ2v) is 5.74. The summed E-state index contributed by atoms with van der Waals surface area (Å²) >= 11 is 9.51. The molecule has 0 spiro atoms. The van der Waals surface area contributed by atoms with Crippen molar-refractivity contribution in [1.82, 2.24) is 10.3 Å². The Kier molecular flexibility index (Phi) is 4.30. The third-order valence-corrected chi connectivity index (χ3v) is 4.19. The van der Waals surface area contributed by atoms with Crippen molar-refractivity contribution in [1.29, 1.82) is 0 Å². The average Bonchev–Trinajstić information content (AvgIpc) is 2.40. The van der Waals surface area contributed by atoms with Gasteiger partial charge >= 0.3 is 0 Å². The standard InChI is InChI=1S/C12H14BrClFN3O/c1-16-11(19)12(15)2-4-18(5-3-12)10-8(13)6-17-7-9(10)14/h6-7H,2-5H2,1H3,(H,16,19). The van der Waals surface area contributed by atoms with E-state index >= 15 is 0 Å². The first kappa shape index (κ1) is 14.5. The Morgan fingerprint density at radius 1 is 1.53 bits per heavy atom. The smallest absolute Gasteiger partial charge is 0.257 e. The highest BCUT2D eigenvalue weighted by atomic mass is 79.9. The number of carbonyl (C=O) groups excluding carboxylic acids is 1. The van der Waals surface area contributed by atoms with Gasteiger partial charge in [0.05, 0.1) is 15.2 Å². The molecule has 1 aromatic rings. The SMILES string of the molecule is CNC(=O)C1(F)CCN(c2c(Cl)cncc2Br)CC1. The third kappa shape index (κ3) is 2.84. The molecule has 1 saturated heterocycles. The molecule has 0 saturated carbocycles. The Balaban J connectivity index is 2.14. The van der Waals surface area contributed by atoms with E-state index < -0.39 is 11.6 Å². The zero-order chi connectivity index (χ0) is 14.0. The lowest BCUT2D eigenvalue weighted by Crippen LogP contribution is -2.50. The minimum absolute atomic E-state index is 0.151. The van der Waals surface area contributed by atoms with Gasteiger partial charge in [-0.05, 0) is 15.9 Å². The lowest BCUT2D eigenvalue weighted by molar-refractivity contribution is -0.133. The molecule has 1 aliphatic rings. The summed E-state index contributed by atoms with van der Waals surface area (Å²) in [4.78, 5) is 17.4. The van der Waals surface area contributed by atoms with Gasteiger partial charge < -0.3 is 10.2 Å². The van der Waals surface area contributed by atoms with Crippen molar-refractivity contribution in [2.45, 2.75) is 18.5 Å². The Hall–Kier alpha value is -0.880. The molecule has 19 heavy (non-hydrogen) atoms. The number of hydrogen-bond donors (Lipinski definition) is 1. The Morgan fingerprint density at radius 3 is 2.68 bits per heavy atom. The number of halogens is 3.